The lowest BCUT2D eigenvalue weighted by Gasteiger charge is -2.21. The van der Waals surface area contributed by atoms with Crippen LogP contribution in [0.2, 0.25) is 5.02 Å². The number of rotatable bonds is 5. The molecule has 0 radical (unpaired) electrons. The molecule has 114 valence electrons. The molecule has 1 saturated carbocycles. The third-order valence-corrected chi connectivity index (χ3v) is 4.27. The molecule has 0 unspecified atom stereocenters. The van der Waals surface area contributed by atoms with Crippen LogP contribution in [0.25, 0.3) is 0 Å². The number of nitro benzene ring substituents is 1. The second-order valence-corrected chi connectivity index (χ2v) is 5.88. The van der Waals surface area contributed by atoms with Crippen LogP contribution in [-0.4, -0.2) is 17.4 Å². The van der Waals surface area contributed by atoms with E-state index in [1.54, 1.807) is 0 Å². The molecule has 0 aliphatic heterocycles. The van der Waals surface area contributed by atoms with Gasteiger partial charge in [0.15, 0.2) is 0 Å². The predicted molar refractivity (Wildman–Crippen MR) is 81.6 cm³/mol. The average Bonchev–Trinajstić information content (AvgIpc) is 2.47. The Balaban J connectivity index is 1.85. The fraction of sp³-hybridized carbons (Fsp3) is 0.533. The Morgan fingerprint density at radius 3 is 2.67 bits per heavy atom. The van der Waals surface area contributed by atoms with Crippen molar-refractivity contribution in [3.05, 3.63) is 38.9 Å². The zero-order valence-corrected chi connectivity index (χ0v) is 12.6. The quantitative estimate of drug-likeness (QED) is 0.661. The van der Waals surface area contributed by atoms with Gasteiger partial charge in [-0.05, 0) is 24.5 Å². The monoisotopic (exact) mass is 310 g/mol. The molecule has 1 aromatic carbocycles. The third kappa shape index (κ3) is 4.43. The fourth-order valence-electron chi connectivity index (χ4n) is 2.76. The van der Waals surface area contributed by atoms with Crippen LogP contribution in [0.4, 0.5) is 5.69 Å². The van der Waals surface area contributed by atoms with Gasteiger partial charge in [-0.15, -0.1) is 0 Å². The lowest BCUT2D eigenvalue weighted by Crippen LogP contribution is -2.26. The summed E-state index contributed by atoms with van der Waals surface area (Å²) in [5.41, 5.74) is 0.171. The van der Waals surface area contributed by atoms with Crippen LogP contribution in [-0.2, 0) is 0 Å². The molecule has 6 heteroatoms. The van der Waals surface area contributed by atoms with Gasteiger partial charge in [-0.1, -0.05) is 43.7 Å². The summed E-state index contributed by atoms with van der Waals surface area (Å²) in [6.07, 6.45) is 7.39. The Labute approximate surface area is 128 Å². The number of hydrogen-bond donors (Lipinski definition) is 1. The van der Waals surface area contributed by atoms with Gasteiger partial charge < -0.3 is 5.32 Å². The summed E-state index contributed by atoms with van der Waals surface area (Å²) in [5.74, 6) is 0.474. The first-order valence-corrected chi connectivity index (χ1v) is 7.68. The van der Waals surface area contributed by atoms with E-state index < -0.39 is 4.92 Å². The van der Waals surface area contributed by atoms with E-state index in [9.17, 15) is 14.9 Å². The van der Waals surface area contributed by atoms with E-state index in [2.05, 4.69) is 5.32 Å². The van der Waals surface area contributed by atoms with Crippen molar-refractivity contribution in [3.63, 3.8) is 0 Å². The molecule has 0 spiro atoms. The molecule has 5 nitrogen and oxygen atoms in total. The van der Waals surface area contributed by atoms with Gasteiger partial charge in [0.1, 0.15) is 5.02 Å². The third-order valence-electron chi connectivity index (χ3n) is 3.97. The minimum atomic E-state index is -0.562. The first kappa shape index (κ1) is 15.8. The molecule has 1 fully saturated rings. The molecule has 0 aromatic heterocycles. The van der Waals surface area contributed by atoms with Crippen LogP contribution in [0, 0.1) is 16.0 Å². The van der Waals surface area contributed by atoms with Gasteiger partial charge in [0.25, 0.3) is 11.6 Å². The fourth-order valence-corrected chi connectivity index (χ4v) is 3.01. The van der Waals surface area contributed by atoms with Crippen LogP contribution in [0.15, 0.2) is 18.2 Å². The van der Waals surface area contributed by atoms with E-state index in [-0.39, 0.29) is 16.6 Å². The van der Waals surface area contributed by atoms with Gasteiger partial charge >= 0.3 is 0 Å². The number of halogens is 1. The highest BCUT2D eigenvalue weighted by atomic mass is 35.5. The highest BCUT2D eigenvalue weighted by Crippen LogP contribution is 2.26. The van der Waals surface area contributed by atoms with Crippen LogP contribution >= 0.6 is 11.6 Å². The molecular weight excluding hydrogens is 292 g/mol. The summed E-state index contributed by atoms with van der Waals surface area (Å²) in [6, 6.07) is 4.04. The lowest BCUT2D eigenvalue weighted by atomic mass is 9.87. The number of nitrogens with zero attached hydrogens (tertiary/aromatic N) is 1. The van der Waals surface area contributed by atoms with Crippen LogP contribution in [0.1, 0.15) is 48.9 Å². The number of carbonyl (C=O) groups excluding carboxylic acids is 1. The zero-order valence-electron chi connectivity index (χ0n) is 11.8. The Hall–Kier alpha value is -1.62. The van der Waals surface area contributed by atoms with Crippen molar-refractivity contribution >= 4 is 23.2 Å². The number of nitro groups is 1. The van der Waals surface area contributed by atoms with Crippen molar-refractivity contribution < 1.29 is 9.72 Å². The Bertz CT molecular complexity index is 528. The van der Waals surface area contributed by atoms with Crippen molar-refractivity contribution in [3.8, 4) is 0 Å². The van der Waals surface area contributed by atoms with Crippen LogP contribution < -0.4 is 5.32 Å². The minimum absolute atomic E-state index is 0.0140. The summed E-state index contributed by atoms with van der Waals surface area (Å²) < 4.78 is 0. The van der Waals surface area contributed by atoms with Gasteiger partial charge in [0.2, 0.25) is 0 Å². The molecule has 1 amide bonds. The zero-order chi connectivity index (χ0) is 15.2. The molecule has 21 heavy (non-hydrogen) atoms. The molecule has 1 N–H and O–H groups in total. The summed E-state index contributed by atoms with van der Waals surface area (Å²) >= 11 is 5.80. The molecule has 0 atom stereocenters. The van der Waals surface area contributed by atoms with E-state index in [0.29, 0.717) is 18.0 Å². The largest absolute Gasteiger partial charge is 0.352 e. The summed E-state index contributed by atoms with van der Waals surface area (Å²) in [5, 5.41) is 13.5. The van der Waals surface area contributed by atoms with Crippen molar-refractivity contribution in [2.45, 2.75) is 38.5 Å². The number of hydrogen-bond acceptors (Lipinski definition) is 3. The summed E-state index contributed by atoms with van der Waals surface area (Å²) in [7, 11) is 0. The molecule has 0 heterocycles. The van der Waals surface area contributed by atoms with Crippen LogP contribution in [0.5, 0.6) is 0 Å². The van der Waals surface area contributed by atoms with Gasteiger partial charge in [-0.3, -0.25) is 14.9 Å². The SMILES string of the molecule is O=C(NCCC1CCCCC1)c1ccc([N+](=O)[O-])c(Cl)c1. The summed E-state index contributed by atoms with van der Waals surface area (Å²) in [6.45, 7) is 0.637. The maximum Gasteiger partial charge on any atom is 0.287 e. The highest BCUT2D eigenvalue weighted by molar-refractivity contribution is 6.33. The van der Waals surface area contributed by atoms with Crippen molar-refractivity contribution in [1.29, 1.82) is 0 Å². The van der Waals surface area contributed by atoms with Crippen molar-refractivity contribution in [1.82, 2.24) is 5.32 Å². The smallest absolute Gasteiger partial charge is 0.287 e. The average molecular weight is 311 g/mol. The second kappa shape index (κ2) is 7.41. The van der Waals surface area contributed by atoms with Gasteiger partial charge in [0.05, 0.1) is 4.92 Å². The first-order chi connectivity index (χ1) is 10.1. The molecule has 1 aliphatic rings. The van der Waals surface area contributed by atoms with E-state index in [0.717, 1.165) is 6.42 Å². The molecular formula is C15H19ClN2O3. The van der Waals surface area contributed by atoms with E-state index >= 15 is 0 Å². The Morgan fingerprint density at radius 1 is 1.33 bits per heavy atom. The first-order valence-electron chi connectivity index (χ1n) is 7.30. The molecule has 2 rings (SSSR count). The summed E-state index contributed by atoms with van der Waals surface area (Å²) in [4.78, 5) is 22.1. The molecule has 1 aliphatic carbocycles. The number of benzene rings is 1. The standard InChI is InChI=1S/C15H19ClN2O3/c16-13-10-12(6-7-14(13)18(20)21)15(19)17-9-8-11-4-2-1-3-5-11/h6-7,10-11H,1-5,8-9H2,(H,17,19). The predicted octanol–water partition coefficient (Wildman–Crippen LogP) is 3.95. The van der Waals surface area contributed by atoms with Gasteiger partial charge in [-0.25, -0.2) is 0 Å². The maximum atomic E-state index is 12.0. The molecule has 1 aromatic rings. The lowest BCUT2D eigenvalue weighted by molar-refractivity contribution is -0.384. The highest BCUT2D eigenvalue weighted by Gasteiger charge is 2.16. The Morgan fingerprint density at radius 2 is 2.05 bits per heavy atom. The maximum absolute atomic E-state index is 12.0. The molecule has 0 saturated heterocycles. The number of amides is 1. The van der Waals surface area contributed by atoms with E-state index in [4.69, 9.17) is 11.6 Å². The number of carbonyl (C=O) groups is 1. The normalized spacial score (nSPS) is 15.7. The topological polar surface area (TPSA) is 72.2 Å². The second-order valence-electron chi connectivity index (χ2n) is 5.47. The van der Waals surface area contributed by atoms with Gasteiger partial charge in [0, 0.05) is 18.2 Å². The van der Waals surface area contributed by atoms with E-state index in [1.165, 1.54) is 50.3 Å². The van der Waals surface area contributed by atoms with Crippen LogP contribution in [0.3, 0.4) is 0 Å². The van der Waals surface area contributed by atoms with Gasteiger partial charge in [-0.2, -0.15) is 0 Å². The Kier molecular flexibility index (Phi) is 5.56. The van der Waals surface area contributed by atoms with Crippen molar-refractivity contribution in [2.24, 2.45) is 5.92 Å². The minimum Gasteiger partial charge on any atom is -0.352 e. The van der Waals surface area contributed by atoms with E-state index in [1.807, 2.05) is 0 Å². The van der Waals surface area contributed by atoms with Crippen molar-refractivity contribution in [2.75, 3.05) is 6.54 Å². The number of nitrogens with one attached hydrogen (secondary N) is 1. The molecule has 0 bridgehead atoms.